The Kier molecular flexibility index (Phi) is 4.81. The summed E-state index contributed by atoms with van der Waals surface area (Å²) in [6.07, 6.45) is 2.15. The summed E-state index contributed by atoms with van der Waals surface area (Å²) >= 11 is 0. The van der Waals surface area contributed by atoms with Gasteiger partial charge in [0.25, 0.3) is 0 Å². The summed E-state index contributed by atoms with van der Waals surface area (Å²) in [7, 11) is 0. The lowest BCUT2D eigenvalue weighted by atomic mass is 10.0. The molecule has 0 spiro atoms. The van der Waals surface area contributed by atoms with E-state index in [0.717, 1.165) is 38.0 Å². The van der Waals surface area contributed by atoms with Gasteiger partial charge in [-0.1, -0.05) is 6.92 Å². The number of carbonyl (C=O) groups excluding carboxylic acids is 1. The highest BCUT2D eigenvalue weighted by Crippen LogP contribution is 2.27. The van der Waals surface area contributed by atoms with Crippen LogP contribution in [0.15, 0.2) is 12.1 Å². The molecule has 0 aliphatic carbocycles. The second-order valence-corrected chi connectivity index (χ2v) is 5.90. The first kappa shape index (κ1) is 15.0. The van der Waals surface area contributed by atoms with Crippen molar-refractivity contribution in [3.8, 4) is 0 Å². The molecule has 1 aromatic carbocycles. The second-order valence-electron chi connectivity index (χ2n) is 5.90. The number of carbonyl (C=O) groups is 1. The van der Waals surface area contributed by atoms with Crippen LogP contribution in [0.25, 0.3) is 0 Å². The van der Waals surface area contributed by atoms with Crippen LogP contribution in [-0.4, -0.2) is 43.4 Å². The molecular weight excluding hydrogens is 248 g/mol. The molecule has 1 atom stereocenters. The molecule has 1 aliphatic rings. The summed E-state index contributed by atoms with van der Waals surface area (Å²) in [6.45, 7) is 13.2. The van der Waals surface area contributed by atoms with Crippen molar-refractivity contribution < 1.29 is 4.79 Å². The average Bonchev–Trinajstić information content (AvgIpc) is 2.46. The molecule has 0 amide bonds. The molecule has 1 aromatic rings. The molecule has 0 N–H and O–H groups in total. The van der Waals surface area contributed by atoms with Gasteiger partial charge in [0, 0.05) is 43.5 Å². The minimum Gasteiger partial charge on any atom is -0.369 e. The fourth-order valence-corrected chi connectivity index (χ4v) is 3.20. The van der Waals surface area contributed by atoms with E-state index in [-0.39, 0.29) is 0 Å². The van der Waals surface area contributed by atoms with Crippen LogP contribution < -0.4 is 4.90 Å². The molecule has 0 bridgehead atoms. The van der Waals surface area contributed by atoms with Gasteiger partial charge in [0.1, 0.15) is 6.29 Å². The number of aryl methyl sites for hydroxylation is 2. The van der Waals surface area contributed by atoms with E-state index in [1.54, 1.807) is 0 Å². The summed E-state index contributed by atoms with van der Waals surface area (Å²) in [4.78, 5) is 16.0. The quantitative estimate of drug-likeness (QED) is 0.789. The largest absolute Gasteiger partial charge is 0.369 e. The van der Waals surface area contributed by atoms with Gasteiger partial charge < -0.3 is 4.90 Å². The molecule has 1 aliphatic heterocycles. The predicted molar refractivity (Wildman–Crippen MR) is 84.8 cm³/mol. The summed E-state index contributed by atoms with van der Waals surface area (Å²) in [5.74, 6) is 0. The van der Waals surface area contributed by atoms with Crippen LogP contribution in [0.5, 0.6) is 0 Å². The molecule has 3 heteroatoms. The third kappa shape index (κ3) is 3.04. The van der Waals surface area contributed by atoms with E-state index in [1.807, 2.05) is 12.1 Å². The van der Waals surface area contributed by atoms with Gasteiger partial charge in [-0.2, -0.15) is 0 Å². The van der Waals surface area contributed by atoms with Crippen molar-refractivity contribution in [3.05, 3.63) is 28.8 Å². The Morgan fingerprint density at radius 3 is 2.15 bits per heavy atom. The van der Waals surface area contributed by atoms with E-state index in [9.17, 15) is 4.79 Å². The van der Waals surface area contributed by atoms with Gasteiger partial charge >= 0.3 is 0 Å². The highest BCUT2D eigenvalue weighted by atomic mass is 16.1. The zero-order chi connectivity index (χ0) is 14.7. The summed E-state index contributed by atoms with van der Waals surface area (Å²) in [5, 5.41) is 0. The number of benzene rings is 1. The molecule has 1 fully saturated rings. The smallest absolute Gasteiger partial charge is 0.150 e. The topological polar surface area (TPSA) is 23.6 Å². The van der Waals surface area contributed by atoms with Gasteiger partial charge in [-0.05, 0) is 50.5 Å². The van der Waals surface area contributed by atoms with E-state index >= 15 is 0 Å². The number of anilines is 1. The van der Waals surface area contributed by atoms with Crippen LogP contribution in [-0.2, 0) is 0 Å². The minimum absolute atomic E-state index is 0.678. The van der Waals surface area contributed by atoms with Crippen LogP contribution in [0.4, 0.5) is 5.69 Å². The number of hydrogen-bond donors (Lipinski definition) is 0. The lowest BCUT2D eigenvalue weighted by Gasteiger charge is -2.40. The molecule has 1 saturated heterocycles. The molecule has 20 heavy (non-hydrogen) atoms. The van der Waals surface area contributed by atoms with E-state index in [1.165, 1.54) is 23.2 Å². The van der Waals surface area contributed by atoms with E-state index in [4.69, 9.17) is 0 Å². The standard InChI is InChI=1S/C17H26N2O/c1-5-15(4)18-6-8-19(9-7-18)17-13(2)10-16(12-20)11-14(17)3/h10-12,15H,5-9H2,1-4H3. The Morgan fingerprint density at radius 2 is 1.70 bits per heavy atom. The molecule has 110 valence electrons. The normalized spacial score (nSPS) is 18.1. The molecule has 1 heterocycles. The van der Waals surface area contributed by atoms with Gasteiger partial charge in [0.2, 0.25) is 0 Å². The zero-order valence-electron chi connectivity index (χ0n) is 13.1. The molecule has 2 rings (SSSR count). The van der Waals surface area contributed by atoms with Crippen molar-refractivity contribution >= 4 is 12.0 Å². The molecule has 0 saturated carbocycles. The highest BCUT2D eigenvalue weighted by molar-refractivity contribution is 5.78. The fourth-order valence-electron chi connectivity index (χ4n) is 3.20. The highest BCUT2D eigenvalue weighted by Gasteiger charge is 2.22. The van der Waals surface area contributed by atoms with Crippen molar-refractivity contribution in [2.45, 2.75) is 40.2 Å². The van der Waals surface area contributed by atoms with Crippen LogP contribution in [0.3, 0.4) is 0 Å². The Hall–Kier alpha value is -1.35. The fraction of sp³-hybridized carbons (Fsp3) is 0.588. The molecule has 0 radical (unpaired) electrons. The summed E-state index contributed by atoms with van der Waals surface area (Å²) in [5.41, 5.74) is 4.52. The lowest BCUT2D eigenvalue weighted by molar-refractivity contribution is 0.112. The molecule has 0 aromatic heterocycles. The van der Waals surface area contributed by atoms with Gasteiger partial charge in [-0.3, -0.25) is 9.69 Å². The first-order valence-electron chi connectivity index (χ1n) is 7.62. The van der Waals surface area contributed by atoms with Gasteiger partial charge in [0.05, 0.1) is 0 Å². The maximum Gasteiger partial charge on any atom is 0.150 e. The van der Waals surface area contributed by atoms with Gasteiger partial charge in [-0.15, -0.1) is 0 Å². The van der Waals surface area contributed by atoms with Crippen molar-refractivity contribution in [1.82, 2.24) is 4.90 Å². The van der Waals surface area contributed by atoms with Crippen molar-refractivity contribution in [2.75, 3.05) is 31.1 Å². The molecular formula is C17H26N2O. The number of nitrogens with zero attached hydrogens (tertiary/aromatic N) is 2. The van der Waals surface area contributed by atoms with Crippen molar-refractivity contribution in [1.29, 1.82) is 0 Å². The number of piperazine rings is 1. The minimum atomic E-state index is 0.678. The maximum atomic E-state index is 10.9. The Labute approximate surface area is 122 Å². The first-order chi connectivity index (χ1) is 9.56. The third-order valence-corrected chi connectivity index (χ3v) is 4.49. The monoisotopic (exact) mass is 274 g/mol. The van der Waals surface area contributed by atoms with Crippen molar-refractivity contribution in [3.63, 3.8) is 0 Å². The van der Waals surface area contributed by atoms with Crippen LogP contribution >= 0.6 is 0 Å². The van der Waals surface area contributed by atoms with Crippen molar-refractivity contribution in [2.24, 2.45) is 0 Å². The second kappa shape index (κ2) is 6.40. The Bertz CT molecular complexity index is 453. The first-order valence-corrected chi connectivity index (χ1v) is 7.62. The Morgan fingerprint density at radius 1 is 1.15 bits per heavy atom. The van der Waals surface area contributed by atoms with Crippen LogP contribution in [0.2, 0.25) is 0 Å². The lowest BCUT2D eigenvalue weighted by Crippen LogP contribution is -2.49. The number of aldehydes is 1. The van der Waals surface area contributed by atoms with Crippen LogP contribution in [0, 0.1) is 13.8 Å². The SMILES string of the molecule is CCC(C)N1CCN(c2c(C)cc(C=O)cc2C)CC1. The summed E-state index contributed by atoms with van der Waals surface area (Å²) in [6, 6.07) is 4.67. The van der Waals surface area contributed by atoms with Crippen LogP contribution in [0.1, 0.15) is 41.8 Å². The third-order valence-electron chi connectivity index (χ3n) is 4.49. The maximum absolute atomic E-state index is 10.9. The predicted octanol–water partition coefficient (Wildman–Crippen LogP) is 3.04. The van der Waals surface area contributed by atoms with Gasteiger partial charge in [0.15, 0.2) is 0 Å². The Balaban J connectivity index is 2.13. The van der Waals surface area contributed by atoms with E-state index in [0.29, 0.717) is 6.04 Å². The average molecular weight is 274 g/mol. The number of rotatable bonds is 4. The van der Waals surface area contributed by atoms with E-state index < -0.39 is 0 Å². The summed E-state index contributed by atoms with van der Waals surface area (Å²) < 4.78 is 0. The van der Waals surface area contributed by atoms with E-state index in [2.05, 4.69) is 37.5 Å². The molecule has 1 unspecified atom stereocenters. The van der Waals surface area contributed by atoms with Gasteiger partial charge in [-0.25, -0.2) is 0 Å². The number of hydrogen-bond acceptors (Lipinski definition) is 3. The molecule has 3 nitrogen and oxygen atoms in total. The zero-order valence-corrected chi connectivity index (χ0v) is 13.1.